The second-order valence-electron chi connectivity index (χ2n) is 7.95. The molecule has 1 N–H and O–H groups in total. The van der Waals surface area contributed by atoms with Gasteiger partial charge in [-0.05, 0) is 51.5 Å². The van der Waals surface area contributed by atoms with E-state index in [4.69, 9.17) is 4.84 Å². The molecule has 2 rings (SSSR count). The second kappa shape index (κ2) is 7.46. The Morgan fingerprint density at radius 1 is 1.28 bits per heavy atom. The van der Waals surface area contributed by atoms with Crippen LogP contribution < -0.4 is 0 Å². The molecular formula is C21H33NO3. The van der Waals surface area contributed by atoms with E-state index in [2.05, 4.69) is 58.7 Å². The van der Waals surface area contributed by atoms with Crippen molar-refractivity contribution in [2.45, 2.75) is 78.0 Å². The molecule has 140 valence electrons. The summed E-state index contributed by atoms with van der Waals surface area (Å²) in [6.45, 7) is 12.7. The van der Waals surface area contributed by atoms with Crippen LogP contribution in [-0.2, 0) is 9.63 Å². The number of benzene rings is 1. The van der Waals surface area contributed by atoms with Crippen molar-refractivity contribution < 1.29 is 14.7 Å². The number of carboxylic acids is 1. The molecule has 1 saturated heterocycles. The first-order valence-electron chi connectivity index (χ1n) is 9.44. The van der Waals surface area contributed by atoms with E-state index in [0.29, 0.717) is 6.42 Å². The summed E-state index contributed by atoms with van der Waals surface area (Å²) in [6, 6.07) is 10.2. The monoisotopic (exact) mass is 347 g/mol. The first-order valence-corrected chi connectivity index (χ1v) is 9.44. The molecule has 5 atom stereocenters. The van der Waals surface area contributed by atoms with E-state index < -0.39 is 5.97 Å². The average molecular weight is 347 g/mol. The number of hydrogen-bond donors (Lipinski definition) is 1. The molecule has 1 aliphatic rings. The number of piperidine rings is 1. The van der Waals surface area contributed by atoms with Crippen LogP contribution in [0.5, 0.6) is 0 Å². The molecule has 0 amide bonds. The summed E-state index contributed by atoms with van der Waals surface area (Å²) in [4.78, 5) is 18.4. The summed E-state index contributed by atoms with van der Waals surface area (Å²) in [5.74, 6) is -1.03. The number of carboxylic acid groups (broad SMARTS) is 1. The Morgan fingerprint density at radius 2 is 1.88 bits per heavy atom. The van der Waals surface area contributed by atoms with Crippen molar-refractivity contribution in [1.82, 2.24) is 5.06 Å². The average Bonchev–Trinajstić information content (AvgIpc) is 2.62. The van der Waals surface area contributed by atoms with Crippen molar-refractivity contribution in [3.05, 3.63) is 35.9 Å². The number of hydrogen-bond acceptors (Lipinski definition) is 3. The Hall–Kier alpha value is -1.39. The summed E-state index contributed by atoms with van der Waals surface area (Å²) < 4.78 is 0. The summed E-state index contributed by atoms with van der Waals surface area (Å²) in [5, 5.41) is 11.9. The van der Waals surface area contributed by atoms with Gasteiger partial charge in [0.1, 0.15) is 6.10 Å². The first-order chi connectivity index (χ1) is 11.7. The van der Waals surface area contributed by atoms with Gasteiger partial charge in [0.05, 0.1) is 5.92 Å². The molecule has 25 heavy (non-hydrogen) atoms. The number of rotatable bonds is 6. The largest absolute Gasteiger partial charge is 0.481 e. The third-order valence-corrected chi connectivity index (χ3v) is 6.53. The van der Waals surface area contributed by atoms with Crippen molar-refractivity contribution in [1.29, 1.82) is 0 Å². The number of hydroxylamine groups is 2. The molecule has 0 radical (unpaired) electrons. The molecule has 0 aromatic heterocycles. The molecule has 0 aliphatic carbocycles. The van der Waals surface area contributed by atoms with Crippen LogP contribution in [0.3, 0.4) is 0 Å². The fourth-order valence-electron chi connectivity index (χ4n) is 4.21. The number of aliphatic carboxylic acids is 1. The van der Waals surface area contributed by atoms with Crippen molar-refractivity contribution in [2.75, 3.05) is 0 Å². The Morgan fingerprint density at radius 3 is 2.36 bits per heavy atom. The molecule has 1 aromatic carbocycles. The minimum absolute atomic E-state index is 0.0117. The van der Waals surface area contributed by atoms with E-state index in [9.17, 15) is 9.90 Å². The fourth-order valence-corrected chi connectivity index (χ4v) is 4.21. The first kappa shape index (κ1) is 19.9. The van der Waals surface area contributed by atoms with Crippen molar-refractivity contribution in [2.24, 2.45) is 11.8 Å². The van der Waals surface area contributed by atoms with Gasteiger partial charge in [0.2, 0.25) is 0 Å². The Bertz CT molecular complexity index is 590. The van der Waals surface area contributed by atoms with E-state index in [1.807, 2.05) is 18.2 Å². The third-order valence-electron chi connectivity index (χ3n) is 6.53. The maximum atomic E-state index is 11.9. The molecule has 0 saturated carbocycles. The zero-order valence-electron chi connectivity index (χ0n) is 16.5. The fraction of sp³-hybridized carbons (Fsp3) is 0.667. The highest BCUT2D eigenvalue weighted by Crippen LogP contribution is 2.49. The number of carbonyl (C=O) groups is 1. The van der Waals surface area contributed by atoms with Crippen LogP contribution in [0, 0.1) is 11.8 Å². The quantitative estimate of drug-likeness (QED) is 0.781. The van der Waals surface area contributed by atoms with Gasteiger partial charge in [0, 0.05) is 11.1 Å². The minimum Gasteiger partial charge on any atom is -0.481 e. The van der Waals surface area contributed by atoms with Gasteiger partial charge in [0.15, 0.2) is 0 Å². The zero-order valence-corrected chi connectivity index (χ0v) is 16.5. The highest BCUT2D eigenvalue weighted by molar-refractivity contribution is 5.71. The lowest BCUT2D eigenvalue weighted by molar-refractivity contribution is -0.330. The van der Waals surface area contributed by atoms with E-state index in [1.54, 1.807) is 0 Å². The van der Waals surface area contributed by atoms with Crippen LogP contribution in [0.15, 0.2) is 30.3 Å². The molecule has 0 bridgehead atoms. The highest BCUT2D eigenvalue weighted by Gasteiger charge is 2.56. The highest BCUT2D eigenvalue weighted by atomic mass is 16.7. The van der Waals surface area contributed by atoms with Gasteiger partial charge in [-0.3, -0.25) is 9.63 Å². The van der Waals surface area contributed by atoms with E-state index in [-0.39, 0.29) is 29.0 Å². The normalized spacial score (nSPS) is 34.6. The SMILES string of the molecule is CCC1(C)CC(C(=O)O)C(C)C(C)(CC)N1OC(C)c1ccccc1. The lowest BCUT2D eigenvalue weighted by atomic mass is 9.65. The Kier molecular flexibility index (Phi) is 5.95. The van der Waals surface area contributed by atoms with Crippen LogP contribution >= 0.6 is 0 Å². The predicted octanol–water partition coefficient (Wildman–Crippen LogP) is 5.06. The molecule has 1 fully saturated rings. The topological polar surface area (TPSA) is 49.8 Å². The molecule has 1 aromatic rings. The van der Waals surface area contributed by atoms with Crippen LogP contribution in [0.4, 0.5) is 0 Å². The van der Waals surface area contributed by atoms with Gasteiger partial charge >= 0.3 is 5.97 Å². The molecule has 4 nitrogen and oxygen atoms in total. The summed E-state index contributed by atoms with van der Waals surface area (Å²) >= 11 is 0. The van der Waals surface area contributed by atoms with Gasteiger partial charge in [-0.15, -0.1) is 0 Å². The second-order valence-corrected chi connectivity index (χ2v) is 7.95. The lowest BCUT2D eigenvalue weighted by Gasteiger charge is -2.59. The predicted molar refractivity (Wildman–Crippen MR) is 100 cm³/mol. The van der Waals surface area contributed by atoms with Gasteiger partial charge in [-0.25, -0.2) is 0 Å². The summed E-state index contributed by atoms with van der Waals surface area (Å²) in [7, 11) is 0. The van der Waals surface area contributed by atoms with Crippen LogP contribution in [-0.4, -0.2) is 27.2 Å². The van der Waals surface area contributed by atoms with Crippen molar-refractivity contribution in [3.63, 3.8) is 0 Å². The van der Waals surface area contributed by atoms with Crippen molar-refractivity contribution in [3.8, 4) is 0 Å². The van der Waals surface area contributed by atoms with Gasteiger partial charge < -0.3 is 5.11 Å². The Labute approximate surface area is 152 Å². The molecule has 1 aliphatic heterocycles. The van der Waals surface area contributed by atoms with Crippen LogP contribution in [0.25, 0.3) is 0 Å². The van der Waals surface area contributed by atoms with Gasteiger partial charge in [-0.1, -0.05) is 51.1 Å². The van der Waals surface area contributed by atoms with Gasteiger partial charge in [-0.2, -0.15) is 5.06 Å². The number of nitrogens with zero attached hydrogens (tertiary/aromatic N) is 1. The van der Waals surface area contributed by atoms with Crippen molar-refractivity contribution >= 4 is 5.97 Å². The van der Waals surface area contributed by atoms with E-state index in [0.717, 1.165) is 18.4 Å². The van der Waals surface area contributed by atoms with E-state index in [1.165, 1.54) is 0 Å². The lowest BCUT2D eigenvalue weighted by Crippen LogP contribution is -2.67. The smallest absolute Gasteiger partial charge is 0.306 e. The Balaban J connectivity index is 2.39. The maximum Gasteiger partial charge on any atom is 0.306 e. The standard InChI is InChI=1S/C21H33NO3/c1-7-20(5)14-18(19(23)24)15(3)21(6,8-2)22(20)25-16(4)17-12-10-9-11-13-17/h9-13,15-16,18H,7-8,14H2,1-6H3,(H,23,24). The minimum atomic E-state index is -0.692. The maximum absolute atomic E-state index is 11.9. The molecule has 5 unspecified atom stereocenters. The van der Waals surface area contributed by atoms with E-state index >= 15 is 0 Å². The molecular weight excluding hydrogens is 314 g/mol. The van der Waals surface area contributed by atoms with Crippen LogP contribution in [0.2, 0.25) is 0 Å². The van der Waals surface area contributed by atoms with Gasteiger partial charge in [0.25, 0.3) is 0 Å². The third kappa shape index (κ3) is 3.61. The summed E-state index contributed by atoms with van der Waals surface area (Å²) in [6.07, 6.45) is 2.22. The van der Waals surface area contributed by atoms with Crippen LogP contribution in [0.1, 0.15) is 72.5 Å². The molecule has 4 heteroatoms. The zero-order chi connectivity index (χ0) is 18.8. The summed E-state index contributed by atoms with van der Waals surface area (Å²) in [5.41, 5.74) is 0.505. The molecule has 1 heterocycles. The molecule has 0 spiro atoms.